The lowest BCUT2D eigenvalue weighted by Gasteiger charge is -2.31. The van der Waals surface area contributed by atoms with E-state index < -0.39 is 0 Å². The monoisotopic (exact) mass is 261 g/mol. The summed E-state index contributed by atoms with van der Waals surface area (Å²) in [7, 11) is 0. The molecule has 1 rings (SSSR count). The number of likely N-dealkylation sites (tertiary alicyclic amines) is 1. The van der Waals surface area contributed by atoms with Gasteiger partial charge in [0, 0.05) is 24.8 Å². The van der Waals surface area contributed by atoms with Crippen molar-refractivity contribution in [3.05, 3.63) is 0 Å². The Labute approximate surface area is 95.2 Å². The predicted octanol–water partition coefficient (Wildman–Crippen LogP) is 2.67. The molecule has 1 heterocycles. The lowest BCUT2D eigenvalue weighted by Crippen LogP contribution is -2.39. The molecule has 14 heavy (non-hydrogen) atoms. The van der Waals surface area contributed by atoms with Crippen molar-refractivity contribution in [1.82, 2.24) is 4.90 Å². The molecule has 0 aromatic rings. The Morgan fingerprint density at radius 3 is 2.43 bits per heavy atom. The molecule has 0 atom stereocenters. The number of hydrogen-bond acceptors (Lipinski definition) is 1. The van der Waals surface area contributed by atoms with Crippen LogP contribution in [0.5, 0.6) is 0 Å². The Bertz CT molecular complexity index is 186. The second-order valence-electron chi connectivity index (χ2n) is 4.58. The molecule has 3 heteroatoms. The SMILES string of the molecule is CC(C)CC(=O)N1CCC(CBr)CC1. The van der Waals surface area contributed by atoms with Gasteiger partial charge in [-0.1, -0.05) is 29.8 Å². The molecule has 1 aliphatic heterocycles. The lowest BCUT2D eigenvalue weighted by atomic mass is 9.98. The van der Waals surface area contributed by atoms with Gasteiger partial charge in [0.1, 0.15) is 0 Å². The average molecular weight is 262 g/mol. The minimum absolute atomic E-state index is 0.341. The Morgan fingerprint density at radius 1 is 1.43 bits per heavy atom. The zero-order valence-electron chi connectivity index (χ0n) is 9.13. The van der Waals surface area contributed by atoms with E-state index in [2.05, 4.69) is 29.8 Å². The first-order chi connectivity index (χ1) is 6.63. The van der Waals surface area contributed by atoms with Crippen LogP contribution in [0.25, 0.3) is 0 Å². The molecule has 1 aliphatic rings. The van der Waals surface area contributed by atoms with Gasteiger partial charge < -0.3 is 4.90 Å². The van der Waals surface area contributed by atoms with Gasteiger partial charge in [-0.05, 0) is 24.7 Å². The summed E-state index contributed by atoms with van der Waals surface area (Å²) in [6, 6.07) is 0. The van der Waals surface area contributed by atoms with Gasteiger partial charge >= 0.3 is 0 Å². The maximum Gasteiger partial charge on any atom is 0.222 e. The Kier molecular flexibility index (Phi) is 4.93. The van der Waals surface area contributed by atoms with Crippen LogP contribution in [0.3, 0.4) is 0 Å². The first-order valence-electron chi connectivity index (χ1n) is 5.47. The van der Waals surface area contributed by atoms with Crippen LogP contribution in [0, 0.1) is 11.8 Å². The molecule has 82 valence electrons. The molecule has 0 unspecified atom stereocenters. The summed E-state index contributed by atoms with van der Waals surface area (Å²) in [5.74, 6) is 1.60. The van der Waals surface area contributed by atoms with Crippen molar-refractivity contribution >= 4 is 21.8 Å². The van der Waals surface area contributed by atoms with Crippen LogP contribution in [0.15, 0.2) is 0 Å². The fraction of sp³-hybridized carbons (Fsp3) is 0.909. The van der Waals surface area contributed by atoms with Gasteiger partial charge in [0.05, 0.1) is 0 Å². The van der Waals surface area contributed by atoms with Crippen LogP contribution in [-0.2, 0) is 4.79 Å². The molecule has 0 aromatic carbocycles. The number of nitrogens with zero attached hydrogens (tertiary/aromatic N) is 1. The van der Waals surface area contributed by atoms with E-state index in [9.17, 15) is 4.79 Å². The Hall–Kier alpha value is -0.0500. The zero-order chi connectivity index (χ0) is 10.6. The molecule has 0 bridgehead atoms. The highest BCUT2D eigenvalue weighted by atomic mass is 79.9. The van der Waals surface area contributed by atoms with Gasteiger partial charge in [-0.3, -0.25) is 4.79 Å². The van der Waals surface area contributed by atoms with Gasteiger partial charge in [0.15, 0.2) is 0 Å². The van der Waals surface area contributed by atoms with Crippen LogP contribution in [-0.4, -0.2) is 29.2 Å². The third-order valence-electron chi connectivity index (χ3n) is 2.77. The molecule has 0 aliphatic carbocycles. The molecular weight excluding hydrogens is 242 g/mol. The minimum atomic E-state index is 0.341. The highest BCUT2D eigenvalue weighted by Crippen LogP contribution is 2.20. The molecule has 1 fully saturated rings. The van der Waals surface area contributed by atoms with Gasteiger partial charge in [0.2, 0.25) is 5.91 Å². The number of alkyl halides is 1. The van der Waals surface area contributed by atoms with E-state index in [1.807, 2.05) is 4.90 Å². The minimum Gasteiger partial charge on any atom is -0.343 e. The molecule has 1 amide bonds. The molecule has 0 aromatic heterocycles. The van der Waals surface area contributed by atoms with Crippen molar-refractivity contribution in [3.63, 3.8) is 0 Å². The molecule has 0 spiro atoms. The first-order valence-corrected chi connectivity index (χ1v) is 6.59. The summed E-state index contributed by atoms with van der Waals surface area (Å²) in [6.45, 7) is 6.12. The van der Waals surface area contributed by atoms with Gasteiger partial charge in [-0.15, -0.1) is 0 Å². The van der Waals surface area contributed by atoms with Gasteiger partial charge in [0.25, 0.3) is 0 Å². The standard InChI is InChI=1S/C11H20BrNO/c1-9(2)7-11(14)13-5-3-10(8-12)4-6-13/h9-10H,3-8H2,1-2H3. The van der Waals surface area contributed by atoms with Gasteiger partial charge in [-0.25, -0.2) is 0 Å². The van der Waals surface area contributed by atoms with Crippen molar-refractivity contribution in [1.29, 1.82) is 0 Å². The van der Waals surface area contributed by atoms with Crippen molar-refractivity contribution in [2.24, 2.45) is 11.8 Å². The van der Waals surface area contributed by atoms with Crippen LogP contribution < -0.4 is 0 Å². The Morgan fingerprint density at radius 2 is 2.00 bits per heavy atom. The molecule has 0 saturated carbocycles. The van der Waals surface area contributed by atoms with Gasteiger partial charge in [-0.2, -0.15) is 0 Å². The van der Waals surface area contributed by atoms with Crippen LogP contribution in [0.1, 0.15) is 33.1 Å². The summed E-state index contributed by atoms with van der Waals surface area (Å²) in [6.07, 6.45) is 3.03. The quantitative estimate of drug-likeness (QED) is 0.716. The number of carbonyl (C=O) groups excluding carboxylic acids is 1. The third kappa shape index (κ3) is 3.60. The summed E-state index contributed by atoms with van der Waals surface area (Å²) in [5.41, 5.74) is 0. The second kappa shape index (κ2) is 5.74. The number of carbonyl (C=O) groups is 1. The zero-order valence-corrected chi connectivity index (χ0v) is 10.7. The lowest BCUT2D eigenvalue weighted by molar-refractivity contribution is -0.133. The molecule has 0 radical (unpaired) electrons. The molecule has 0 N–H and O–H groups in total. The van der Waals surface area contributed by atoms with Crippen molar-refractivity contribution in [2.75, 3.05) is 18.4 Å². The molecule has 1 saturated heterocycles. The highest BCUT2D eigenvalue weighted by molar-refractivity contribution is 9.09. The molecule has 2 nitrogen and oxygen atoms in total. The normalized spacial score (nSPS) is 19.0. The summed E-state index contributed by atoms with van der Waals surface area (Å²) in [4.78, 5) is 13.7. The van der Waals surface area contributed by atoms with E-state index in [1.165, 1.54) is 0 Å². The van der Waals surface area contributed by atoms with E-state index in [4.69, 9.17) is 0 Å². The molecular formula is C11H20BrNO. The van der Waals surface area contributed by atoms with Crippen molar-refractivity contribution < 1.29 is 4.79 Å². The second-order valence-corrected chi connectivity index (χ2v) is 5.22. The average Bonchev–Trinajstić information content (AvgIpc) is 2.17. The fourth-order valence-corrected chi connectivity index (χ4v) is 2.46. The smallest absolute Gasteiger partial charge is 0.222 e. The maximum absolute atomic E-state index is 11.7. The van der Waals surface area contributed by atoms with Crippen LogP contribution in [0.2, 0.25) is 0 Å². The fourth-order valence-electron chi connectivity index (χ4n) is 1.82. The van der Waals surface area contributed by atoms with Crippen molar-refractivity contribution in [3.8, 4) is 0 Å². The summed E-state index contributed by atoms with van der Waals surface area (Å²) in [5, 5.41) is 1.08. The van der Waals surface area contributed by atoms with Crippen LogP contribution in [0.4, 0.5) is 0 Å². The predicted molar refractivity (Wildman–Crippen MR) is 62.6 cm³/mol. The maximum atomic E-state index is 11.7. The number of amides is 1. The van der Waals surface area contributed by atoms with E-state index in [0.29, 0.717) is 18.2 Å². The third-order valence-corrected chi connectivity index (χ3v) is 3.68. The number of piperidine rings is 1. The number of halogens is 1. The van der Waals surface area contributed by atoms with Crippen LogP contribution >= 0.6 is 15.9 Å². The summed E-state index contributed by atoms with van der Waals surface area (Å²) < 4.78 is 0. The van der Waals surface area contributed by atoms with Crippen molar-refractivity contribution in [2.45, 2.75) is 33.1 Å². The summed E-state index contributed by atoms with van der Waals surface area (Å²) >= 11 is 3.50. The topological polar surface area (TPSA) is 20.3 Å². The van der Waals surface area contributed by atoms with E-state index >= 15 is 0 Å². The first kappa shape index (κ1) is 12.0. The highest BCUT2D eigenvalue weighted by Gasteiger charge is 2.22. The largest absolute Gasteiger partial charge is 0.343 e. The Balaban J connectivity index is 2.30. The van der Waals surface area contributed by atoms with E-state index in [-0.39, 0.29) is 0 Å². The van der Waals surface area contributed by atoms with E-state index in [1.54, 1.807) is 0 Å². The van der Waals surface area contributed by atoms with E-state index in [0.717, 1.165) is 37.2 Å². The number of hydrogen-bond donors (Lipinski definition) is 0. The number of rotatable bonds is 3.